The molecule has 2 heterocycles. The van der Waals surface area contributed by atoms with E-state index < -0.39 is 0 Å². The zero-order chi connectivity index (χ0) is 21.0. The molecule has 0 spiro atoms. The molecule has 2 aromatic heterocycles. The first-order chi connectivity index (χ1) is 13.9. The van der Waals surface area contributed by atoms with Crippen LogP contribution in [0, 0.1) is 0 Å². The average Bonchev–Trinajstić information content (AvgIpc) is 3.00. The average molecular weight is 450 g/mol. The molecule has 0 fully saturated rings. The van der Waals surface area contributed by atoms with Gasteiger partial charge in [-0.1, -0.05) is 48.8 Å². The quantitative estimate of drug-likeness (QED) is 0.462. The number of aromatic nitrogens is 2. The first-order valence-corrected chi connectivity index (χ1v) is 10.6. The van der Waals surface area contributed by atoms with E-state index in [-0.39, 0.29) is 11.8 Å². The van der Waals surface area contributed by atoms with Gasteiger partial charge in [-0.25, -0.2) is 5.48 Å². The lowest BCUT2D eigenvalue weighted by Gasteiger charge is -2.14. The van der Waals surface area contributed by atoms with Gasteiger partial charge < -0.3 is 4.57 Å². The normalized spacial score (nSPS) is 11.1. The molecule has 1 amide bonds. The van der Waals surface area contributed by atoms with Crippen molar-refractivity contribution in [2.75, 3.05) is 7.11 Å². The number of carbonyl (C=O) groups is 1. The van der Waals surface area contributed by atoms with Gasteiger partial charge in [-0.05, 0) is 47.4 Å². The Balaban J connectivity index is 2.11. The third-order valence-electron chi connectivity index (χ3n) is 4.24. The van der Waals surface area contributed by atoms with Crippen LogP contribution in [-0.2, 0) is 11.4 Å². The van der Waals surface area contributed by atoms with Gasteiger partial charge in [-0.2, -0.15) is 0 Å². The first-order valence-electron chi connectivity index (χ1n) is 8.98. The second kappa shape index (κ2) is 9.67. The minimum absolute atomic E-state index is 0.114. The minimum Gasteiger partial charge on any atom is -0.337 e. The van der Waals surface area contributed by atoms with Gasteiger partial charge in [-0.15, -0.1) is 0 Å². The van der Waals surface area contributed by atoms with Crippen molar-refractivity contribution in [2.45, 2.75) is 36.2 Å². The zero-order valence-electron chi connectivity index (χ0n) is 16.3. The van der Waals surface area contributed by atoms with Crippen LogP contribution in [0.25, 0.3) is 0 Å². The predicted molar refractivity (Wildman–Crippen MR) is 117 cm³/mol. The van der Waals surface area contributed by atoms with Crippen LogP contribution in [0.2, 0.25) is 10.0 Å². The van der Waals surface area contributed by atoms with Gasteiger partial charge in [0.05, 0.1) is 17.7 Å². The smallest absolute Gasteiger partial charge is 0.276 e. The maximum absolute atomic E-state index is 12.6. The summed E-state index contributed by atoms with van der Waals surface area (Å²) in [5.41, 5.74) is 5.02. The molecule has 8 heteroatoms. The maximum Gasteiger partial charge on any atom is 0.276 e. The fraction of sp³-hybridized carbons (Fsp3) is 0.238. The van der Waals surface area contributed by atoms with Gasteiger partial charge in [0, 0.05) is 40.1 Å². The standard InChI is InChI=1S/C21H21Cl2N3O2S/c1-13(2)19-18(20(27)25-28-3)12-26(11-14-4-6-24-7-5-14)21(19)29-17-9-15(22)8-16(23)10-17/h4-10,12-13H,11H2,1-3H3,(H,25,27). The Hall–Kier alpha value is -1.99. The van der Waals surface area contributed by atoms with Crippen LogP contribution in [-0.4, -0.2) is 22.6 Å². The molecule has 0 saturated heterocycles. The van der Waals surface area contributed by atoms with Gasteiger partial charge in [-0.3, -0.25) is 14.6 Å². The number of rotatable bonds is 7. The molecule has 0 atom stereocenters. The van der Waals surface area contributed by atoms with Gasteiger partial charge in [0.1, 0.15) is 0 Å². The van der Waals surface area contributed by atoms with E-state index in [1.165, 1.54) is 18.9 Å². The topological polar surface area (TPSA) is 56.1 Å². The largest absolute Gasteiger partial charge is 0.337 e. The molecule has 1 aromatic carbocycles. The van der Waals surface area contributed by atoms with Crippen LogP contribution in [0.1, 0.15) is 41.3 Å². The lowest BCUT2D eigenvalue weighted by molar-refractivity contribution is 0.0536. The number of hydroxylamine groups is 1. The summed E-state index contributed by atoms with van der Waals surface area (Å²) in [4.78, 5) is 22.5. The number of carbonyl (C=O) groups excluding carboxylic acids is 1. The molecular weight excluding hydrogens is 429 g/mol. The summed E-state index contributed by atoms with van der Waals surface area (Å²) in [5.74, 6) is -0.167. The number of halogens is 2. The van der Waals surface area contributed by atoms with Crippen LogP contribution in [0.5, 0.6) is 0 Å². The molecule has 0 saturated carbocycles. The van der Waals surface area contributed by atoms with Crippen molar-refractivity contribution in [1.82, 2.24) is 15.0 Å². The predicted octanol–water partition coefficient (Wildman–Crippen LogP) is 5.80. The van der Waals surface area contributed by atoms with Gasteiger partial charge in [0.2, 0.25) is 0 Å². The molecule has 5 nitrogen and oxygen atoms in total. The number of hydrogen-bond donors (Lipinski definition) is 1. The SMILES string of the molecule is CONC(=O)c1cn(Cc2ccncc2)c(Sc2cc(Cl)cc(Cl)c2)c1C(C)C. The lowest BCUT2D eigenvalue weighted by atomic mass is 10.0. The Labute approximate surface area is 184 Å². The van der Waals surface area contributed by atoms with E-state index in [0.717, 1.165) is 21.0 Å². The lowest BCUT2D eigenvalue weighted by Crippen LogP contribution is -2.22. The van der Waals surface area contributed by atoms with Crippen LogP contribution < -0.4 is 5.48 Å². The highest BCUT2D eigenvalue weighted by Crippen LogP contribution is 2.39. The number of benzene rings is 1. The van der Waals surface area contributed by atoms with Crippen molar-refractivity contribution in [1.29, 1.82) is 0 Å². The van der Waals surface area contributed by atoms with Gasteiger partial charge in [0.25, 0.3) is 5.91 Å². The Bertz CT molecular complexity index is 986. The molecule has 3 aromatic rings. The second-order valence-corrected chi connectivity index (χ2v) is 8.68. The highest BCUT2D eigenvalue weighted by molar-refractivity contribution is 7.99. The first kappa shape index (κ1) is 21.7. The molecule has 152 valence electrons. The molecular formula is C21H21Cl2N3O2S. The Kier molecular flexibility index (Phi) is 7.24. The van der Waals surface area contributed by atoms with E-state index in [4.69, 9.17) is 28.0 Å². The summed E-state index contributed by atoms with van der Waals surface area (Å²) in [7, 11) is 1.42. The van der Waals surface area contributed by atoms with Crippen molar-refractivity contribution in [3.63, 3.8) is 0 Å². The summed E-state index contributed by atoms with van der Waals surface area (Å²) >= 11 is 13.9. The molecule has 0 bridgehead atoms. The van der Waals surface area contributed by atoms with Gasteiger partial charge >= 0.3 is 0 Å². The molecule has 29 heavy (non-hydrogen) atoms. The summed E-state index contributed by atoms with van der Waals surface area (Å²) < 4.78 is 2.06. The summed E-state index contributed by atoms with van der Waals surface area (Å²) in [6, 6.07) is 9.33. The number of amides is 1. The van der Waals surface area contributed by atoms with E-state index in [2.05, 4.69) is 28.9 Å². The fourth-order valence-corrected chi connectivity index (χ4v) is 5.00. The third kappa shape index (κ3) is 5.34. The molecule has 1 N–H and O–H groups in total. The van der Waals surface area contributed by atoms with Crippen LogP contribution in [0.15, 0.2) is 58.8 Å². The summed E-state index contributed by atoms with van der Waals surface area (Å²) in [6.45, 7) is 4.72. The van der Waals surface area contributed by atoms with Crippen molar-refractivity contribution >= 4 is 40.9 Å². The Morgan fingerprint density at radius 3 is 2.45 bits per heavy atom. The summed E-state index contributed by atoms with van der Waals surface area (Å²) in [6.07, 6.45) is 5.37. The van der Waals surface area contributed by atoms with Crippen LogP contribution >= 0.6 is 35.0 Å². The summed E-state index contributed by atoms with van der Waals surface area (Å²) in [5, 5.41) is 2.09. The highest BCUT2D eigenvalue weighted by Gasteiger charge is 2.24. The number of hydrogen-bond acceptors (Lipinski definition) is 4. The number of nitrogens with one attached hydrogen (secondary N) is 1. The van der Waals surface area contributed by atoms with E-state index >= 15 is 0 Å². The Morgan fingerprint density at radius 2 is 1.86 bits per heavy atom. The van der Waals surface area contributed by atoms with Crippen LogP contribution in [0.4, 0.5) is 0 Å². The highest BCUT2D eigenvalue weighted by atomic mass is 35.5. The fourth-order valence-electron chi connectivity index (χ4n) is 3.06. The van der Waals surface area contributed by atoms with Gasteiger partial charge in [0.15, 0.2) is 0 Å². The zero-order valence-corrected chi connectivity index (χ0v) is 18.6. The Morgan fingerprint density at radius 1 is 1.21 bits per heavy atom. The van der Waals surface area contributed by atoms with Crippen molar-refractivity contribution in [3.05, 3.63) is 75.7 Å². The second-order valence-electron chi connectivity index (χ2n) is 6.74. The van der Waals surface area contributed by atoms with E-state index in [1.54, 1.807) is 18.5 Å². The van der Waals surface area contributed by atoms with E-state index in [0.29, 0.717) is 22.2 Å². The van der Waals surface area contributed by atoms with Crippen molar-refractivity contribution < 1.29 is 9.63 Å². The van der Waals surface area contributed by atoms with E-state index in [1.807, 2.05) is 30.5 Å². The van der Waals surface area contributed by atoms with Crippen LogP contribution in [0.3, 0.4) is 0 Å². The molecule has 3 rings (SSSR count). The molecule has 0 aliphatic rings. The van der Waals surface area contributed by atoms with Crippen molar-refractivity contribution in [2.24, 2.45) is 0 Å². The molecule has 0 aliphatic carbocycles. The number of nitrogens with zero attached hydrogens (tertiary/aromatic N) is 2. The number of pyridine rings is 1. The van der Waals surface area contributed by atoms with Crippen molar-refractivity contribution in [3.8, 4) is 0 Å². The molecule has 0 aliphatic heterocycles. The minimum atomic E-state index is -0.282. The van der Waals surface area contributed by atoms with E-state index in [9.17, 15) is 4.79 Å². The monoisotopic (exact) mass is 449 g/mol. The molecule has 0 radical (unpaired) electrons. The maximum atomic E-state index is 12.6. The third-order valence-corrected chi connectivity index (χ3v) is 5.79. The molecule has 0 unspecified atom stereocenters.